The maximum absolute atomic E-state index is 6.10. The zero-order valence-corrected chi connectivity index (χ0v) is 13.0. The van der Waals surface area contributed by atoms with Crippen molar-refractivity contribution >= 4 is 11.3 Å². The second-order valence-corrected chi connectivity index (χ2v) is 7.24. The molecule has 0 aliphatic heterocycles. The number of hydrogen-bond donors (Lipinski definition) is 1. The zero-order valence-electron chi connectivity index (χ0n) is 12.2. The van der Waals surface area contributed by atoms with E-state index in [0.29, 0.717) is 0 Å². The Bertz CT molecular complexity index is 627. The predicted octanol–water partition coefficient (Wildman–Crippen LogP) is 3.23. The Morgan fingerprint density at radius 3 is 2.80 bits per heavy atom. The van der Waals surface area contributed by atoms with Crippen LogP contribution in [0.25, 0.3) is 11.5 Å². The maximum Gasteiger partial charge on any atom is 0.179 e. The van der Waals surface area contributed by atoms with Crippen molar-refractivity contribution in [3.8, 4) is 11.5 Å². The van der Waals surface area contributed by atoms with Crippen molar-refractivity contribution in [2.45, 2.75) is 51.5 Å². The summed E-state index contributed by atoms with van der Waals surface area (Å²) in [5, 5.41) is 3.16. The number of aryl methyl sites for hydroxylation is 1. The molecule has 2 N–H and O–H groups in total. The van der Waals surface area contributed by atoms with Crippen LogP contribution in [0.15, 0.2) is 11.6 Å². The Morgan fingerprint density at radius 2 is 2.10 bits per heavy atom. The number of aromatic nitrogens is 3. The van der Waals surface area contributed by atoms with Crippen molar-refractivity contribution in [2.75, 3.05) is 0 Å². The van der Waals surface area contributed by atoms with Gasteiger partial charge in [-0.2, -0.15) is 0 Å². The molecule has 0 saturated carbocycles. The van der Waals surface area contributed by atoms with Gasteiger partial charge in [0.15, 0.2) is 5.82 Å². The van der Waals surface area contributed by atoms with Crippen molar-refractivity contribution in [1.82, 2.24) is 15.0 Å². The third-order valence-electron chi connectivity index (χ3n) is 3.60. The molecule has 106 valence electrons. The van der Waals surface area contributed by atoms with Crippen LogP contribution in [0.5, 0.6) is 0 Å². The molecule has 3 rings (SSSR count). The first-order chi connectivity index (χ1) is 9.45. The summed E-state index contributed by atoms with van der Waals surface area (Å²) in [7, 11) is 0. The minimum absolute atomic E-state index is 0.0689. The lowest BCUT2D eigenvalue weighted by Crippen LogP contribution is -2.19. The van der Waals surface area contributed by atoms with Gasteiger partial charge in [-0.1, -0.05) is 20.8 Å². The number of hydrogen-bond acceptors (Lipinski definition) is 5. The van der Waals surface area contributed by atoms with Crippen LogP contribution in [0.4, 0.5) is 0 Å². The van der Waals surface area contributed by atoms with Gasteiger partial charge in [-0.25, -0.2) is 15.0 Å². The smallest absolute Gasteiger partial charge is 0.179 e. The topological polar surface area (TPSA) is 64.7 Å². The summed E-state index contributed by atoms with van der Waals surface area (Å²) in [5.74, 6) is 0.726. The second kappa shape index (κ2) is 4.90. The molecule has 20 heavy (non-hydrogen) atoms. The zero-order chi connectivity index (χ0) is 14.3. The van der Waals surface area contributed by atoms with Crippen LogP contribution >= 0.6 is 11.3 Å². The molecular formula is C15H20N4S. The molecular weight excluding hydrogens is 268 g/mol. The first kappa shape index (κ1) is 13.6. The Hall–Kier alpha value is -1.33. The van der Waals surface area contributed by atoms with Crippen LogP contribution in [-0.2, 0) is 11.8 Å². The summed E-state index contributed by atoms with van der Waals surface area (Å²) in [6, 6.07) is 0.0911. The molecule has 2 aromatic rings. The molecule has 0 fully saturated rings. The Balaban J connectivity index is 1.97. The van der Waals surface area contributed by atoms with Crippen molar-refractivity contribution in [3.05, 3.63) is 27.8 Å². The lowest BCUT2D eigenvalue weighted by Gasteiger charge is -2.20. The van der Waals surface area contributed by atoms with E-state index in [1.165, 1.54) is 0 Å². The lowest BCUT2D eigenvalue weighted by molar-refractivity contribution is 0.557. The standard InChI is InChI=1S/C15H20N4S/c1-15(2,3)14-19-12(8-20-14)13-17-7-9-10(16)5-4-6-11(9)18-13/h7-8,10H,4-6,16H2,1-3H3. The molecule has 0 radical (unpaired) electrons. The fourth-order valence-electron chi connectivity index (χ4n) is 2.43. The van der Waals surface area contributed by atoms with Crippen LogP contribution in [0.1, 0.15) is 55.9 Å². The highest BCUT2D eigenvalue weighted by Crippen LogP contribution is 2.30. The first-order valence-electron chi connectivity index (χ1n) is 7.03. The van der Waals surface area contributed by atoms with E-state index in [-0.39, 0.29) is 11.5 Å². The quantitative estimate of drug-likeness (QED) is 0.875. The van der Waals surface area contributed by atoms with E-state index in [4.69, 9.17) is 5.73 Å². The van der Waals surface area contributed by atoms with Gasteiger partial charge >= 0.3 is 0 Å². The largest absolute Gasteiger partial charge is 0.324 e. The van der Waals surface area contributed by atoms with Gasteiger partial charge in [0.1, 0.15) is 5.69 Å². The van der Waals surface area contributed by atoms with Gasteiger partial charge in [-0.3, -0.25) is 0 Å². The summed E-state index contributed by atoms with van der Waals surface area (Å²) in [4.78, 5) is 13.8. The summed E-state index contributed by atoms with van der Waals surface area (Å²) >= 11 is 1.67. The van der Waals surface area contributed by atoms with Gasteiger partial charge in [0.2, 0.25) is 0 Å². The van der Waals surface area contributed by atoms with Gasteiger partial charge in [0, 0.05) is 34.3 Å². The highest BCUT2D eigenvalue weighted by molar-refractivity contribution is 7.10. The van der Waals surface area contributed by atoms with Crippen LogP contribution < -0.4 is 5.73 Å². The van der Waals surface area contributed by atoms with Crippen molar-refractivity contribution in [1.29, 1.82) is 0 Å². The van der Waals surface area contributed by atoms with E-state index in [1.807, 2.05) is 11.6 Å². The average molecular weight is 288 g/mol. The Kier molecular flexibility index (Phi) is 3.34. The van der Waals surface area contributed by atoms with Crippen LogP contribution in [-0.4, -0.2) is 15.0 Å². The molecule has 0 bridgehead atoms. The van der Waals surface area contributed by atoms with Gasteiger partial charge in [0.05, 0.1) is 5.01 Å². The van der Waals surface area contributed by atoms with Gasteiger partial charge < -0.3 is 5.73 Å². The van der Waals surface area contributed by atoms with Crippen molar-refractivity contribution in [3.63, 3.8) is 0 Å². The van der Waals surface area contributed by atoms with E-state index in [0.717, 1.165) is 47.0 Å². The molecule has 0 amide bonds. The van der Waals surface area contributed by atoms with E-state index >= 15 is 0 Å². The second-order valence-electron chi connectivity index (χ2n) is 6.38. The minimum atomic E-state index is 0.0689. The third kappa shape index (κ3) is 2.47. The minimum Gasteiger partial charge on any atom is -0.324 e. The average Bonchev–Trinajstić information content (AvgIpc) is 2.88. The predicted molar refractivity (Wildman–Crippen MR) is 81.7 cm³/mol. The van der Waals surface area contributed by atoms with Crippen LogP contribution in [0.3, 0.4) is 0 Å². The Morgan fingerprint density at radius 1 is 1.30 bits per heavy atom. The van der Waals surface area contributed by atoms with Gasteiger partial charge in [-0.05, 0) is 19.3 Å². The highest BCUT2D eigenvalue weighted by atomic mass is 32.1. The van der Waals surface area contributed by atoms with E-state index < -0.39 is 0 Å². The highest BCUT2D eigenvalue weighted by Gasteiger charge is 2.22. The summed E-state index contributed by atoms with van der Waals surface area (Å²) in [6.45, 7) is 6.51. The Labute approximate surface area is 123 Å². The maximum atomic E-state index is 6.10. The SMILES string of the molecule is CC(C)(C)c1nc(-c2ncc3c(n2)CCCC3N)cs1. The van der Waals surface area contributed by atoms with Gasteiger partial charge in [-0.15, -0.1) is 11.3 Å². The molecule has 1 unspecified atom stereocenters. The molecule has 1 aliphatic carbocycles. The summed E-state index contributed by atoms with van der Waals surface area (Å²) in [5.41, 5.74) is 9.25. The van der Waals surface area contributed by atoms with Crippen molar-refractivity contribution in [2.24, 2.45) is 5.73 Å². The normalized spacial score (nSPS) is 18.9. The molecule has 0 saturated heterocycles. The van der Waals surface area contributed by atoms with E-state index in [2.05, 4.69) is 35.7 Å². The fourth-order valence-corrected chi connectivity index (χ4v) is 3.31. The molecule has 1 aliphatic rings. The van der Waals surface area contributed by atoms with E-state index in [9.17, 15) is 0 Å². The number of thiazole rings is 1. The molecule has 2 aromatic heterocycles. The van der Waals surface area contributed by atoms with Crippen LogP contribution in [0.2, 0.25) is 0 Å². The first-order valence-corrected chi connectivity index (χ1v) is 7.91. The van der Waals surface area contributed by atoms with Crippen LogP contribution in [0, 0.1) is 0 Å². The molecule has 4 nitrogen and oxygen atoms in total. The fraction of sp³-hybridized carbons (Fsp3) is 0.533. The van der Waals surface area contributed by atoms with E-state index in [1.54, 1.807) is 11.3 Å². The molecule has 1 atom stereocenters. The number of fused-ring (bicyclic) bond motifs is 1. The molecule has 2 heterocycles. The summed E-state index contributed by atoms with van der Waals surface area (Å²) in [6.07, 6.45) is 5.02. The third-order valence-corrected chi connectivity index (χ3v) is 4.87. The number of nitrogens with two attached hydrogens (primary N) is 1. The monoisotopic (exact) mass is 288 g/mol. The van der Waals surface area contributed by atoms with Crippen molar-refractivity contribution < 1.29 is 0 Å². The number of rotatable bonds is 1. The molecule has 0 spiro atoms. The van der Waals surface area contributed by atoms with Gasteiger partial charge in [0.25, 0.3) is 0 Å². The molecule has 5 heteroatoms. The molecule has 0 aromatic carbocycles. The number of nitrogens with zero attached hydrogens (tertiary/aromatic N) is 3. The summed E-state index contributed by atoms with van der Waals surface area (Å²) < 4.78 is 0. The lowest BCUT2D eigenvalue weighted by atomic mass is 9.93.